The van der Waals surface area contributed by atoms with E-state index in [1.165, 1.54) is 37.7 Å². The molecule has 4 unspecified atom stereocenters. The Bertz CT molecular complexity index is 372. The predicted molar refractivity (Wildman–Crippen MR) is 76.4 cm³/mol. The van der Waals surface area contributed by atoms with Crippen molar-refractivity contribution in [1.82, 2.24) is 5.32 Å². The molecule has 2 aliphatic carbocycles. The highest BCUT2D eigenvalue weighted by atomic mass is 14.9. The normalized spacial score (nSPS) is 31.7. The van der Waals surface area contributed by atoms with Gasteiger partial charge < -0.3 is 5.32 Å². The summed E-state index contributed by atoms with van der Waals surface area (Å²) < 4.78 is 0. The zero-order chi connectivity index (χ0) is 12.4. The third-order valence-electron chi connectivity index (χ3n) is 4.99. The van der Waals surface area contributed by atoms with Crippen LogP contribution in [-0.2, 0) is 0 Å². The first-order chi connectivity index (χ1) is 8.88. The molecule has 1 N–H and O–H groups in total. The number of benzene rings is 1. The fourth-order valence-electron chi connectivity index (χ4n) is 4.18. The number of hydrogen-bond donors (Lipinski definition) is 1. The predicted octanol–water partition coefficient (Wildman–Crippen LogP) is 4.16. The van der Waals surface area contributed by atoms with Crippen molar-refractivity contribution in [1.29, 1.82) is 0 Å². The minimum atomic E-state index is 0.599. The fourth-order valence-corrected chi connectivity index (χ4v) is 4.18. The fraction of sp³-hybridized carbons (Fsp3) is 0.647. The molecule has 0 aromatic heterocycles. The average Bonchev–Trinajstić information content (AvgIpc) is 3.03. The molecular weight excluding hydrogens is 218 g/mol. The van der Waals surface area contributed by atoms with Gasteiger partial charge in [0.2, 0.25) is 0 Å². The summed E-state index contributed by atoms with van der Waals surface area (Å²) in [5, 5.41) is 3.81. The molecule has 1 heteroatoms. The van der Waals surface area contributed by atoms with Gasteiger partial charge in [-0.25, -0.2) is 0 Å². The lowest BCUT2D eigenvalue weighted by atomic mass is 9.80. The van der Waals surface area contributed by atoms with Crippen LogP contribution in [0, 0.1) is 17.8 Å². The lowest BCUT2D eigenvalue weighted by molar-refractivity contribution is 0.251. The highest BCUT2D eigenvalue weighted by Crippen LogP contribution is 2.52. The van der Waals surface area contributed by atoms with E-state index in [4.69, 9.17) is 0 Å². The third-order valence-corrected chi connectivity index (χ3v) is 4.99. The molecule has 98 valence electrons. The van der Waals surface area contributed by atoms with E-state index in [2.05, 4.69) is 42.6 Å². The van der Waals surface area contributed by atoms with E-state index in [9.17, 15) is 0 Å². The largest absolute Gasteiger partial charge is 0.310 e. The Labute approximate surface area is 111 Å². The van der Waals surface area contributed by atoms with Crippen molar-refractivity contribution in [3.05, 3.63) is 35.9 Å². The second kappa shape index (κ2) is 5.44. The zero-order valence-corrected chi connectivity index (χ0v) is 11.4. The average molecular weight is 243 g/mol. The van der Waals surface area contributed by atoms with E-state index < -0.39 is 0 Å². The molecule has 2 bridgehead atoms. The van der Waals surface area contributed by atoms with Gasteiger partial charge in [0.15, 0.2) is 0 Å². The maximum atomic E-state index is 3.81. The molecule has 0 aliphatic heterocycles. The highest BCUT2D eigenvalue weighted by molar-refractivity contribution is 5.21. The first-order valence-corrected chi connectivity index (χ1v) is 7.66. The summed E-state index contributed by atoms with van der Waals surface area (Å²) in [7, 11) is 0. The lowest BCUT2D eigenvalue weighted by Crippen LogP contribution is -2.31. The van der Waals surface area contributed by atoms with Gasteiger partial charge >= 0.3 is 0 Å². The van der Waals surface area contributed by atoms with E-state index in [0.717, 1.165) is 24.3 Å². The Balaban J connectivity index is 1.77. The molecule has 1 nitrogen and oxygen atoms in total. The molecule has 1 aromatic rings. The maximum Gasteiger partial charge on any atom is 0.0351 e. The molecule has 0 spiro atoms. The molecule has 3 rings (SSSR count). The van der Waals surface area contributed by atoms with Crippen LogP contribution >= 0.6 is 0 Å². The van der Waals surface area contributed by atoms with Gasteiger partial charge in [-0.05, 0) is 55.5 Å². The number of rotatable bonds is 5. The Morgan fingerprint density at radius 3 is 2.61 bits per heavy atom. The van der Waals surface area contributed by atoms with Gasteiger partial charge in [-0.15, -0.1) is 0 Å². The van der Waals surface area contributed by atoms with Gasteiger partial charge in [-0.2, -0.15) is 0 Å². The first-order valence-electron chi connectivity index (χ1n) is 7.66. The van der Waals surface area contributed by atoms with Crippen molar-refractivity contribution in [3.63, 3.8) is 0 Å². The SMILES string of the molecule is CCCNC(c1ccccc1)C1CC2CCC1C2. The summed E-state index contributed by atoms with van der Waals surface area (Å²) in [5.74, 6) is 2.91. The molecule has 2 fully saturated rings. The monoisotopic (exact) mass is 243 g/mol. The Morgan fingerprint density at radius 1 is 1.17 bits per heavy atom. The smallest absolute Gasteiger partial charge is 0.0351 e. The van der Waals surface area contributed by atoms with Crippen LogP contribution in [0.3, 0.4) is 0 Å². The number of fused-ring (bicyclic) bond motifs is 2. The summed E-state index contributed by atoms with van der Waals surface area (Å²) in [4.78, 5) is 0. The van der Waals surface area contributed by atoms with E-state index in [-0.39, 0.29) is 0 Å². The van der Waals surface area contributed by atoms with Crippen LogP contribution in [0.15, 0.2) is 30.3 Å². The van der Waals surface area contributed by atoms with Gasteiger partial charge in [0.05, 0.1) is 0 Å². The Morgan fingerprint density at radius 2 is 2.00 bits per heavy atom. The second-order valence-electron chi connectivity index (χ2n) is 6.18. The van der Waals surface area contributed by atoms with Crippen LogP contribution in [0.2, 0.25) is 0 Å². The summed E-state index contributed by atoms with van der Waals surface area (Å²) >= 11 is 0. The number of nitrogens with one attached hydrogen (secondary N) is 1. The van der Waals surface area contributed by atoms with Crippen LogP contribution in [-0.4, -0.2) is 6.54 Å². The van der Waals surface area contributed by atoms with Crippen LogP contribution in [0.4, 0.5) is 0 Å². The summed E-state index contributed by atoms with van der Waals surface area (Å²) in [5.41, 5.74) is 1.50. The van der Waals surface area contributed by atoms with Crippen LogP contribution < -0.4 is 5.32 Å². The van der Waals surface area contributed by atoms with E-state index in [1.54, 1.807) is 0 Å². The van der Waals surface area contributed by atoms with E-state index >= 15 is 0 Å². The van der Waals surface area contributed by atoms with Crippen molar-refractivity contribution in [2.24, 2.45) is 17.8 Å². The van der Waals surface area contributed by atoms with Gasteiger partial charge in [-0.3, -0.25) is 0 Å². The summed E-state index contributed by atoms with van der Waals surface area (Å²) in [6.07, 6.45) is 7.16. The third kappa shape index (κ3) is 2.33. The molecule has 0 heterocycles. The van der Waals surface area contributed by atoms with Crippen molar-refractivity contribution >= 4 is 0 Å². The Kier molecular flexibility index (Phi) is 3.69. The van der Waals surface area contributed by atoms with Gasteiger partial charge in [-0.1, -0.05) is 43.7 Å². The molecule has 0 saturated heterocycles. The molecule has 0 radical (unpaired) electrons. The molecular formula is C17H25N. The van der Waals surface area contributed by atoms with Crippen LogP contribution in [0.25, 0.3) is 0 Å². The lowest BCUT2D eigenvalue weighted by Gasteiger charge is -2.31. The van der Waals surface area contributed by atoms with Crippen molar-refractivity contribution in [2.75, 3.05) is 6.54 Å². The highest BCUT2D eigenvalue weighted by Gasteiger charge is 2.43. The standard InChI is InChI=1S/C17H25N/c1-2-10-18-17(14-6-4-3-5-7-14)16-12-13-8-9-15(16)11-13/h3-7,13,15-18H,2,8-12H2,1H3. The van der Waals surface area contributed by atoms with Crippen LogP contribution in [0.5, 0.6) is 0 Å². The van der Waals surface area contributed by atoms with Crippen molar-refractivity contribution < 1.29 is 0 Å². The molecule has 2 saturated carbocycles. The summed E-state index contributed by atoms with van der Waals surface area (Å²) in [6.45, 7) is 3.41. The van der Waals surface area contributed by atoms with Gasteiger partial charge in [0, 0.05) is 6.04 Å². The topological polar surface area (TPSA) is 12.0 Å². The first kappa shape index (κ1) is 12.2. The van der Waals surface area contributed by atoms with Gasteiger partial charge in [0.25, 0.3) is 0 Å². The van der Waals surface area contributed by atoms with Crippen LogP contribution in [0.1, 0.15) is 50.6 Å². The molecule has 0 amide bonds. The maximum absolute atomic E-state index is 3.81. The molecule has 1 aromatic carbocycles. The number of hydrogen-bond acceptors (Lipinski definition) is 1. The molecule has 18 heavy (non-hydrogen) atoms. The summed E-state index contributed by atoms with van der Waals surface area (Å²) in [6, 6.07) is 11.7. The van der Waals surface area contributed by atoms with E-state index in [0.29, 0.717) is 6.04 Å². The molecule has 2 aliphatic rings. The zero-order valence-electron chi connectivity index (χ0n) is 11.4. The van der Waals surface area contributed by atoms with Gasteiger partial charge in [0.1, 0.15) is 0 Å². The second-order valence-corrected chi connectivity index (χ2v) is 6.18. The minimum absolute atomic E-state index is 0.599. The van der Waals surface area contributed by atoms with E-state index in [1.807, 2.05) is 0 Å². The van der Waals surface area contributed by atoms with Crippen molar-refractivity contribution in [2.45, 2.75) is 45.1 Å². The minimum Gasteiger partial charge on any atom is -0.310 e. The Hall–Kier alpha value is -0.820. The van der Waals surface area contributed by atoms with Crippen molar-refractivity contribution in [3.8, 4) is 0 Å². The quantitative estimate of drug-likeness (QED) is 0.818. The molecule has 4 atom stereocenters.